The Labute approximate surface area is 196 Å². The highest BCUT2D eigenvalue weighted by Gasteiger charge is 2.14. The van der Waals surface area contributed by atoms with Gasteiger partial charge in [0.1, 0.15) is 11.5 Å². The van der Waals surface area contributed by atoms with E-state index in [4.69, 9.17) is 9.47 Å². The lowest BCUT2D eigenvalue weighted by atomic mass is 10.1. The van der Waals surface area contributed by atoms with Crippen molar-refractivity contribution in [2.75, 3.05) is 6.61 Å². The van der Waals surface area contributed by atoms with E-state index in [1.54, 1.807) is 13.1 Å². The van der Waals surface area contributed by atoms with Gasteiger partial charge in [-0.15, -0.1) is 0 Å². The van der Waals surface area contributed by atoms with Crippen molar-refractivity contribution in [3.63, 3.8) is 0 Å². The summed E-state index contributed by atoms with van der Waals surface area (Å²) in [4.78, 5) is 12.3. The number of hydrogen-bond donors (Lipinski definition) is 1. The van der Waals surface area contributed by atoms with Gasteiger partial charge < -0.3 is 9.47 Å². The first-order valence-electron chi connectivity index (χ1n) is 11.5. The van der Waals surface area contributed by atoms with Gasteiger partial charge in [-0.05, 0) is 66.4 Å². The van der Waals surface area contributed by atoms with Gasteiger partial charge in [-0.3, -0.25) is 4.79 Å². The average Bonchev–Trinajstić information content (AvgIpc) is 2.85. The van der Waals surface area contributed by atoms with Crippen molar-refractivity contribution in [2.24, 2.45) is 5.10 Å². The summed E-state index contributed by atoms with van der Waals surface area (Å²) in [5, 5.41) is 4.04. The zero-order chi connectivity index (χ0) is 23.3. The van der Waals surface area contributed by atoms with E-state index in [2.05, 4.69) is 29.6 Å². The molecular weight excluding hydrogens is 412 g/mol. The normalized spacial score (nSPS) is 11.8. The molecule has 0 spiro atoms. The lowest BCUT2D eigenvalue weighted by molar-refractivity contribution is -0.127. The molecule has 0 aliphatic rings. The molecular formula is C28H32N2O3. The van der Waals surface area contributed by atoms with Crippen LogP contribution >= 0.6 is 0 Å². The Morgan fingerprint density at radius 3 is 2.24 bits per heavy atom. The zero-order valence-corrected chi connectivity index (χ0v) is 19.4. The van der Waals surface area contributed by atoms with Gasteiger partial charge in [-0.1, -0.05) is 68.7 Å². The Balaban J connectivity index is 1.42. The van der Waals surface area contributed by atoms with Crippen LogP contribution in [-0.4, -0.2) is 24.8 Å². The van der Waals surface area contributed by atoms with Crippen LogP contribution in [-0.2, 0) is 4.79 Å². The van der Waals surface area contributed by atoms with E-state index < -0.39 is 6.10 Å². The fourth-order valence-electron chi connectivity index (χ4n) is 3.24. The highest BCUT2D eigenvalue weighted by Crippen LogP contribution is 2.22. The van der Waals surface area contributed by atoms with Crippen molar-refractivity contribution in [1.82, 2.24) is 5.43 Å². The summed E-state index contributed by atoms with van der Waals surface area (Å²) in [7, 11) is 0. The first-order chi connectivity index (χ1) is 16.2. The Morgan fingerprint density at radius 2 is 1.55 bits per heavy atom. The van der Waals surface area contributed by atoms with Crippen LogP contribution in [0.15, 0.2) is 84.0 Å². The van der Waals surface area contributed by atoms with Crippen LogP contribution in [0.2, 0.25) is 0 Å². The fourth-order valence-corrected chi connectivity index (χ4v) is 3.24. The molecule has 1 N–H and O–H groups in total. The van der Waals surface area contributed by atoms with E-state index in [1.165, 1.54) is 19.3 Å². The minimum absolute atomic E-state index is 0.314. The second-order valence-electron chi connectivity index (χ2n) is 7.86. The van der Waals surface area contributed by atoms with Crippen molar-refractivity contribution < 1.29 is 14.3 Å². The molecule has 5 nitrogen and oxygen atoms in total. The van der Waals surface area contributed by atoms with Gasteiger partial charge in [0, 0.05) is 0 Å². The molecule has 3 rings (SSSR count). The number of rotatable bonds is 12. The predicted octanol–water partition coefficient (Wildman–Crippen LogP) is 6.23. The third-order valence-corrected chi connectivity index (χ3v) is 5.18. The lowest BCUT2D eigenvalue weighted by Crippen LogP contribution is -2.33. The molecule has 0 saturated carbocycles. The molecule has 0 radical (unpaired) electrons. The van der Waals surface area contributed by atoms with Crippen LogP contribution in [0.4, 0.5) is 0 Å². The maximum absolute atomic E-state index is 12.3. The summed E-state index contributed by atoms with van der Waals surface area (Å²) >= 11 is 0. The Bertz CT molecular complexity index is 1000. The molecule has 0 unspecified atom stereocenters. The van der Waals surface area contributed by atoms with E-state index >= 15 is 0 Å². The number of carbonyl (C=O) groups is 1. The zero-order valence-electron chi connectivity index (χ0n) is 19.4. The number of hydrogen-bond acceptors (Lipinski definition) is 4. The Morgan fingerprint density at radius 1 is 0.879 bits per heavy atom. The van der Waals surface area contributed by atoms with Crippen LogP contribution < -0.4 is 14.9 Å². The molecule has 1 amide bonds. The van der Waals surface area contributed by atoms with Crippen LogP contribution in [0.25, 0.3) is 11.1 Å². The number of nitrogens with one attached hydrogen (secondary N) is 1. The van der Waals surface area contributed by atoms with Gasteiger partial charge in [0.2, 0.25) is 0 Å². The second-order valence-corrected chi connectivity index (χ2v) is 7.86. The van der Waals surface area contributed by atoms with E-state index in [0.717, 1.165) is 35.5 Å². The van der Waals surface area contributed by atoms with Crippen LogP contribution in [0.1, 0.15) is 45.1 Å². The van der Waals surface area contributed by atoms with E-state index in [-0.39, 0.29) is 5.91 Å². The Hall–Kier alpha value is -3.60. The molecule has 0 aliphatic carbocycles. The lowest BCUT2D eigenvalue weighted by Gasteiger charge is -2.13. The number of unbranched alkanes of at least 4 members (excludes halogenated alkanes) is 3. The van der Waals surface area contributed by atoms with Crippen molar-refractivity contribution in [1.29, 1.82) is 0 Å². The van der Waals surface area contributed by atoms with Crippen molar-refractivity contribution in [2.45, 2.75) is 45.6 Å². The third-order valence-electron chi connectivity index (χ3n) is 5.18. The van der Waals surface area contributed by atoms with Gasteiger partial charge in [-0.25, -0.2) is 5.43 Å². The molecule has 1 atom stereocenters. The smallest absolute Gasteiger partial charge is 0.280 e. The van der Waals surface area contributed by atoms with Crippen molar-refractivity contribution in [3.05, 3.63) is 84.4 Å². The Kier molecular flexibility index (Phi) is 9.52. The highest BCUT2D eigenvalue weighted by molar-refractivity contribution is 5.84. The standard InChI is InChI=1S/C28H32N2O3/c1-3-4-5-9-20-32-26-16-12-23(13-17-26)21-29-30-28(31)22(2)33-27-18-14-25(15-19-27)24-10-7-6-8-11-24/h6-8,10-19,21-22H,3-5,9,20H2,1-2H3,(H,30,31)/b29-21+/t22-/m1/s1. The monoisotopic (exact) mass is 444 g/mol. The first kappa shape index (κ1) is 24.1. The van der Waals surface area contributed by atoms with Crippen LogP contribution in [0.3, 0.4) is 0 Å². The van der Waals surface area contributed by atoms with Gasteiger partial charge in [-0.2, -0.15) is 5.10 Å². The van der Waals surface area contributed by atoms with Gasteiger partial charge in [0.25, 0.3) is 5.91 Å². The molecule has 3 aromatic carbocycles. The maximum Gasteiger partial charge on any atom is 0.280 e. The van der Waals surface area contributed by atoms with Gasteiger partial charge >= 0.3 is 0 Å². The quantitative estimate of drug-likeness (QED) is 0.205. The summed E-state index contributed by atoms with van der Waals surface area (Å²) in [6.45, 7) is 4.63. The summed E-state index contributed by atoms with van der Waals surface area (Å²) in [5.74, 6) is 1.16. The van der Waals surface area contributed by atoms with Crippen molar-refractivity contribution in [3.8, 4) is 22.6 Å². The van der Waals surface area contributed by atoms with Crippen LogP contribution in [0, 0.1) is 0 Å². The molecule has 0 aliphatic heterocycles. The third kappa shape index (κ3) is 8.11. The average molecular weight is 445 g/mol. The largest absolute Gasteiger partial charge is 0.494 e. The second kappa shape index (κ2) is 13.1. The number of hydrazone groups is 1. The maximum atomic E-state index is 12.3. The molecule has 0 fully saturated rings. The minimum atomic E-state index is -0.673. The van der Waals surface area contributed by atoms with E-state index in [9.17, 15) is 4.79 Å². The van der Waals surface area contributed by atoms with E-state index in [0.29, 0.717) is 5.75 Å². The topological polar surface area (TPSA) is 59.9 Å². The number of ether oxygens (including phenoxy) is 2. The number of carbonyl (C=O) groups excluding carboxylic acids is 1. The van der Waals surface area contributed by atoms with Gasteiger partial charge in [0.05, 0.1) is 12.8 Å². The molecule has 33 heavy (non-hydrogen) atoms. The summed E-state index contributed by atoms with van der Waals surface area (Å²) in [6, 6.07) is 25.4. The molecule has 172 valence electrons. The summed E-state index contributed by atoms with van der Waals surface area (Å²) in [6.07, 6.45) is 5.66. The number of nitrogens with zero attached hydrogens (tertiary/aromatic N) is 1. The molecule has 0 bridgehead atoms. The fraction of sp³-hybridized carbons (Fsp3) is 0.286. The minimum Gasteiger partial charge on any atom is -0.494 e. The molecule has 0 aromatic heterocycles. The SMILES string of the molecule is CCCCCCOc1ccc(/C=N/NC(=O)[C@@H](C)Oc2ccc(-c3ccccc3)cc2)cc1. The summed E-state index contributed by atoms with van der Waals surface area (Å²) < 4.78 is 11.5. The highest BCUT2D eigenvalue weighted by atomic mass is 16.5. The molecule has 0 heterocycles. The molecule has 5 heteroatoms. The number of benzene rings is 3. The van der Waals surface area contributed by atoms with Crippen LogP contribution in [0.5, 0.6) is 11.5 Å². The van der Waals surface area contributed by atoms with Crippen molar-refractivity contribution >= 4 is 12.1 Å². The van der Waals surface area contributed by atoms with Gasteiger partial charge in [0.15, 0.2) is 6.10 Å². The predicted molar refractivity (Wildman–Crippen MR) is 134 cm³/mol. The first-order valence-corrected chi connectivity index (χ1v) is 11.5. The summed E-state index contributed by atoms with van der Waals surface area (Å²) in [5.41, 5.74) is 5.63. The number of amides is 1. The van der Waals surface area contributed by atoms with E-state index in [1.807, 2.05) is 66.7 Å². The molecule has 3 aromatic rings. The molecule has 0 saturated heterocycles.